The van der Waals surface area contributed by atoms with Crippen molar-refractivity contribution in [3.05, 3.63) is 0 Å². The minimum Gasteiger partial charge on any atom is -0.344 e. The second-order valence-corrected chi connectivity index (χ2v) is 3.61. The summed E-state index contributed by atoms with van der Waals surface area (Å²) >= 11 is 0. The zero-order valence-corrected chi connectivity index (χ0v) is 9.47. The highest BCUT2D eigenvalue weighted by molar-refractivity contribution is 5.81. The first kappa shape index (κ1) is 12.0. The fourth-order valence-corrected chi connectivity index (χ4v) is 1.60. The second-order valence-electron chi connectivity index (χ2n) is 3.61. The molecule has 0 radical (unpaired) electrons. The van der Waals surface area contributed by atoms with Crippen LogP contribution < -0.4 is 10.6 Å². The quantitative estimate of drug-likeness (QED) is 0.611. The highest BCUT2D eigenvalue weighted by Crippen LogP contribution is 2.00. The third-order valence-corrected chi connectivity index (χ3v) is 2.61. The fraction of sp³-hybridized carbons (Fsp3) is 0.727. The standard InChI is InChI=1S/C11H19N3O/c1-3-4-5-13-11(15)10(2)14-8-6-12-7-9-14/h10,12H,5-9H2,1-2H3,(H,13,15). The molecule has 2 N–H and O–H groups in total. The van der Waals surface area contributed by atoms with Crippen LogP contribution in [0.25, 0.3) is 0 Å². The predicted molar refractivity (Wildman–Crippen MR) is 60.4 cm³/mol. The van der Waals surface area contributed by atoms with Gasteiger partial charge in [0.05, 0.1) is 12.6 Å². The zero-order valence-electron chi connectivity index (χ0n) is 9.47. The minimum atomic E-state index is -0.0502. The number of piperazine rings is 1. The number of rotatable bonds is 3. The van der Waals surface area contributed by atoms with Gasteiger partial charge in [0.2, 0.25) is 5.91 Å². The lowest BCUT2D eigenvalue weighted by atomic mass is 10.2. The summed E-state index contributed by atoms with van der Waals surface area (Å²) in [5.41, 5.74) is 0. The van der Waals surface area contributed by atoms with Crippen molar-refractivity contribution in [3.8, 4) is 11.8 Å². The van der Waals surface area contributed by atoms with Crippen molar-refractivity contribution in [3.63, 3.8) is 0 Å². The molecule has 1 fully saturated rings. The van der Waals surface area contributed by atoms with Gasteiger partial charge in [-0.1, -0.05) is 5.92 Å². The van der Waals surface area contributed by atoms with Crippen LogP contribution in [0.1, 0.15) is 13.8 Å². The minimum absolute atomic E-state index is 0.0502. The first-order valence-electron chi connectivity index (χ1n) is 5.38. The predicted octanol–water partition coefficient (Wildman–Crippen LogP) is -0.580. The molecule has 1 unspecified atom stereocenters. The molecular formula is C11H19N3O. The molecule has 1 aliphatic heterocycles. The summed E-state index contributed by atoms with van der Waals surface area (Å²) in [6.07, 6.45) is 0. The number of nitrogens with zero attached hydrogens (tertiary/aromatic N) is 1. The van der Waals surface area contributed by atoms with E-state index in [2.05, 4.69) is 27.4 Å². The normalized spacial score (nSPS) is 18.8. The van der Waals surface area contributed by atoms with Crippen LogP contribution in [0.4, 0.5) is 0 Å². The third-order valence-electron chi connectivity index (χ3n) is 2.61. The van der Waals surface area contributed by atoms with Gasteiger partial charge >= 0.3 is 0 Å². The topological polar surface area (TPSA) is 44.4 Å². The van der Waals surface area contributed by atoms with Crippen molar-refractivity contribution < 1.29 is 4.79 Å². The van der Waals surface area contributed by atoms with E-state index in [1.807, 2.05) is 6.92 Å². The molecule has 84 valence electrons. The second kappa shape index (κ2) is 6.44. The lowest BCUT2D eigenvalue weighted by Gasteiger charge is -2.31. The van der Waals surface area contributed by atoms with Gasteiger partial charge in [-0.15, -0.1) is 5.92 Å². The van der Waals surface area contributed by atoms with E-state index in [1.165, 1.54) is 0 Å². The monoisotopic (exact) mass is 209 g/mol. The summed E-state index contributed by atoms with van der Waals surface area (Å²) in [7, 11) is 0. The molecular weight excluding hydrogens is 190 g/mol. The van der Waals surface area contributed by atoms with Crippen LogP contribution in [0.3, 0.4) is 0 Å². The van der Waals surface area contributed by atoms with Gasteiger partial charge in [0.1, 0.15) is 0 Å². The average Bonchev–Trinajstić information content (AvgIpc) is 2.29. The molecule has 0 saturated carbocycles. The molecule has 0 aromatic heterocycles. The summed E-state index contributed by atoms with van der Waals surface area (Å²) < 4.78 is 0. The van der Waals surface area contributed by atoms with Crippen LogP contribution in [0, 0.1) is 11.8 Å². The van der Waals surface area contributed by atoms with Crippen molar-refractivity contribution in [2.45, 2.75) is 19.9 Å². The summed E-state index contributed by atoms with van der Waals surface area (Å²) in [4.78, 5) is 13.9. The highest BCUT2D eigenvalue weighted by atomic mass is 16.2. The molecule has 1 rings (SSSR count). The number of amides is 1. The maximum absolute atomic E-state index is 11.7. The van der Waals surface area contributed by atoms with Gasteiger partial charge in [-0.25, -0.2) is 0 Å². The molecule has 1 atom stereocenters. The average molecular weight is 209 g/mol. The molecule has 0 aromatic rings. The van der Waals surface area contributed by atoms with Gasteiger partial charge in [-0.05, 0) is 13.8 Å². The molecule has 1 aliphatic rings. The van der Waals surface area contributed by atoms with E-state index in [-0.39, 0.29) is 11.9 Å². The number of hydrogen-bond acceptors (Lipinski definition) is 3. The van der Waals surface area contributed by atoms with Crippen molar-refractivity contribution in [1.29, 1.82) is 0 Å². The number of nitrogens with one attached hydrogen (secondary N) is 2. The molecule has 1 amide bonds. The van der Waals surface area contributed by atoms with E-state index in [9.17, 15) is 4.79 Å². The van der Waals surface area contributed by atoms with Crippen LogP contribution in [-0.2, 0) is 4.79 Å². The molecule has 4 heteroatoms. The molecule has 0 spiro atoms. The summed E-state index contributed by atoms with van der Waals surface area (Å²) in [6.45, 7) is 7.97. The number of hydrogen-bond donors (Lipinski definition) is 2. The Labute approximate surface area is 91.4 Å². The highest BCUT2D eigenvalue weighted by Gasteiger charge is 2.21. The summed E-state index contributed by atoms with van der Waals surface area (Å²) in [5.74, 6) is 5.65. The van der Waals surface area contributed by atoms with Crippen molar-refractivity contribution in [2.75, 3.05) is 32.7 Å². The lowest BCUT2D eigenvalue weighted by Crippen LogP contribution is -2.52. The lowest BCUT2D eigenvalue weighted by molar-refractivity contribution is -0.125. The van der Waals surface area contributed by atoms with Crippen molar-refractivity contribution in [1.82, 2.24) is 15.5 Å². The van der Waals surface area contributed by atoms with Gasteiger partial charge in [0.25, 0.3) is 0 Å². The molecule has 0 aromatic carbocycles. The Kier molecular flexibility index (Phi) is 5.16. The molecule has 15 heavy (non-hydrogen) atoms. The van der Waals surface area contributed by atoms with E-state index in [4.69, 9.17) is 0 Å². The summed E-state index contributed by atoms with van der Waals surface area (Å²) in [5, 5.41) is 6.07. The third kappa shape index (κ3) is 3.90. The fourth-order valence-electron chi connectivity index (χ4n) is 1.60. The molecule has 4 nitrogen and oxygen atoms in total. The SMILES string of the molecule is CC#CCNC(=O)C(C)N1CCNCC1. The van der Waals surface area contributed by atoms with Gasteiger partial charge in [-0.2, -0.15) is 0 Å². The van der Waals surface area contributed by atoms with Crippen LogP contribution in [0.15, 0.2) is 0 Å². The molecule has 0 bridgehead atoms. The van der Waals surface area contributed by atoms with E-state index in [0.29, 0.717) is 6.54 Å². The van der Waals surface area contributed by atoms with Crippen LogP contribution in [0.5, 0.6) is 0 Å². The first-order chi connectivity index (χ1) is 7.25. The van der Waals surface area contributed by atoms with Crippen LogP contribution in [0.2, 0.25) is 0 Å². The van der Waals surface area contributed by atoms with Crippen molar-refractivity contribution >= 4 is 5.91 Å². The maximum atomic E-state index is 11.7. The smallest absolute Gasteiger partial charge is 0.237 e. The van der Waals surface area contributed by atoms with Gasteiger partial charge in [0.15, 0.2) is 0 Å². The van der Waals surface area contributed by atoms with Gasteiger partial charge < -0.3 is 10.6 Å². The zero-order chi connectivity index (χ0) is 11.1. The Morgan fingerprint density at radius 1 is 1.53 bits per heavy atom. The Balaban J connectivity index is 2.32. The Morgan fingerprint density at radius 2 is 2.20 bits per heavy atom. The Bertz CT molecular complexity index is 261. The van der Waals surface area contributed by atoms with Gasteiger partial charge in [0, 0.05) is 26.2 Å². The van der Waals surface area contributed by atoms with E-state index < -0.39 is 0 Å². The molecule has 1 heterocycles. The Morgan fingerprint density at radius 3 is 2.80 bits per heavy atom. The maximum Gasteiger partial charge on any atom is 0.237 e. The van der Waals surface area contributed by atoms with Crippen molar-refractivity contribution in [2.24, 2.45) is 0 Å². The Hall–Kier alpha value is -1.05. The van der Waals surface area contributed by atoms with E-state index in [0.717, 1.165) is 26.2 Å². The van der Waals surface area contributed by atoms with Gasteiger partial charge in [-0.3, -0.25) is 9.69 Å². The molecule has 1 saturated heterocycles. The first-order valence-corrected chi connectivity index (χ1v) is 5.38. The largest absolute Gasteiger partial charge is 0.344 e. The number of carbonyl (C=O) groups excluding carboxylic acids is 1. The van der Waals surface area contributed by atoms with Crippen LogP contribution in [-0.4, -0.2) is 49.6 Å². The van der Waals surface area contributed by atoms with E-state index in [1.54, 1.807) is 6.92 Å². The van der Waals surface area contributed by atoms with Crippen LogP contribution >= 0.6 is 0 Å². The van der Waals surface area contributed by atoms with E-state index >= 15 is 0 Å². The molecule has 0 aliphatic carbocycles. The summed E-state index contributed by atoms with van der Waals surface area (Å²) in [6, 6.07) is -0.0502. The number of carbonyl (C=O) groups is 1.